The number of nitrogens with zero attached hydrogens (tertiary/aromatic N) is 2. The molecule has 140 valence electrons. The summed E-state index contributed by atoms with van der Waals surface area (Å²) >= 11 is 1.56. The van der Waals surface area contributed by atoms with Crippen molar-refractivity contribution in [3.05, 3.63) is 66.5 Å². The van der Waals surface area contributed by atoms with Crippen LogP contribution in [0, 0.1) is 0 Å². The van der Waals surface area contributed by atoms with Gasteiger partial charge in [-0.3, -0.25) is 9.36 Å². The van der Waals surface area contributed by atoms with Crippen LogP contribution in [0.4, 0.5) is 5.69 Å². The fraction of sp³-hybridized carbons (Fsp3) is 0.238. The highest BCUT2D eigenvalue weighted by atomic mass is 32.2. The fourth-order valence-electron chi connectivity index (χ4n) is 2.65. The van der Waals surface area contributed by atoms with Gasteiger partial charge in [0.1, 0.15) is 5.75 Å². The largest absolute Gasteiger partial charge is 0.491 e. The molecule has 0 radical (unpaired) electrons. The lowest BCUT2D eigenvalue weighted by atomic mass is 10.1. The maximum absolute atomic E-state index is 12.8. The zero-order chi connectivity index (χ0) is 19.1. The van der Waals surface area contributed by atoms with Crippen molar-refractivity contribution in [3.63, 3.8) is 0 Å². The van der Waals surface area contributed by atoms with Gasteiger partial charge in [-0.05, 0) is 43.0 Å². The minimum Gasteiger partial charge on any atom is -0.491 e. The second-order valence-corrected chi connectivity index (χ2v) is 6.76. The summed E-state index contributed by atoms with van der Waals surface area (Å²) in [5.74, 6) is 0.518. The molecule has 3 aromatic rings. The number of anilines is 1. The van der Waals surface area contributed by atoms with Crippen molar-refractivity contribution in [1.82, 2.24) is 9.55 Å². The Balaban J connectivity index is 1.79. The molecule has 0 bridgehead atoms. The molecule has 0 saturated heterocycles. The number of ether oxygens (including phenoxy) is 1. The van der Waals surface area contributed by atoms with Gasteiger partial charge in [-0.1, -0.05) is 43.3 Å². The molecule has 0 aliphatic rings. The third-order valence-corrected chi connectivity index (χ3v) is 4.73. The summed E-state index contributed by atoms with van der Waals surface area (Å²) in [6.07, 6.45) is 7.66. The van der Waals surface area contributed by atoms with Gasteiger partial charge < -0.3 is 10.1 Å². The van der Waals surface area contributed by atoms with Crippen LogP contribution >= 0.6 is 11.8 Å². The summed E-state index contributed by atoms with van der Waals surface area (Å²) in [4.78, 5) is 17.1. The van der Waals surface area contributed by atoms with Crippen molar-refractivity contribution < 1.29 is 9.53 Å². The lowest BCUT2D eigenvalue weighted by Gasteiger charge is -2.13. The third kappa shape index (κ3) is 4.71. The molecular weight excluding hydrogens is 358 g/mol. The zero-order valence-corrected chi connectivity index (χ0v) is 16.3. The Morgan fingerprint density at radius 2 is 2.07 bits per heavy atom. The van der Waals surface area contributed by atoms with E-state index in [0.29, 0.717) is 23.6 Å². The number of hydrogen-bond acceptors (Lipinski definition) is 4. The maximum atomic E-state index is 12.8. The van der Waals surface area contributed by atoms with Crippen molar-refractivity contribution in [2.45, 2.75) is 24.9 Å². The number of rotatable bonds is 8. The number of imidazole rings is 1. The first-order chi connectivity index (χ1) is 13.2. The van der Waals surface area contributed by atoms with Crippen molar-refractivity contribution in [3.8, 4) is 11.4 Å². The van der Waals surface area contributed by atoms with E-state index in [1.165, 1.54) is 0 Å². The number of benzene rings is 2. The van der Waals surface area contributed by atoms with Crippen molar-refractivity contribution in [2.75, 3.05) is 18.2 Å². The van der Waals surface area contributed by atoms with Crippen LogP contribution in [0.5, 0.6) is 5.75 Å². The molecular formula is C21H23N3O2S. The van der Waals surface area contributed by atoms with Crippen molar-refractivity contribution in [1.29, 1.82) is 0 Å². The van der Waals surface area contributed by atoms with E-state index in [2.05, 4.69) is 17.2 Å². The first kappa shape index (κ1) is 19.0. The van der Waals surface area contributed by atoms with E-state index in [0.717, 1.165) is 23.7 Å². The lowest BCUT2D eigenvalue weighted by Crippen LogP contribution is -2.13. The Bertz CT molecular complexity index is 908. The van der Waals surface area contributed by atoms with E-state index < -0.39 is 0 Å². The van der Waals surface area contributed by atoms with Gasteiger partial charge in [0.05, 0.1) is 12.3 Å². The number of nitrogens with one attached hydrogen (secondary N) is 1. The number of thioether (sulfide) groups is 1. The maximum Gasteiger partial charge on any atom is 0.255 e. The van der Waals surface area contributed by atoms with Gasteiger partial charge in [0.2, 0.25) is 0 Å². The smallest absolute Gasteiger partial charge is 0.255 e. The monoisotopic (exact) mass is 381 g/mol. The first-order valence-electron chi connectivity index (χ1n) is 8.94. The number of amides is 1. The molecule has 1 amide bonds. The summed E-state index contributed by atoms with van der Waals surface area (Å²) in [5.41, 5.74) is 2.16. The molecule has 2 aromatic carbocycles. The van der Waals surface area contributed by atoms with Gasteiger partial charge in [-0.2, -0.15) is 0 Å². The van der Waals surface area contributed by atoms with E-state index in [-0.39, 0.29) is 5.91 Å². The predicted molar refractivity (Wildman–Crippen MR) is 110 cm³/mol. The molecule has 0 aliphatic carbocycles. The minimum absolute atomic E-state index is 0.172. The van der Waals surface area contributed by atoms with E-state index in [4.69, 9.17) is 4.74 Å². The van der Waals surface area contributed by atoms with Crippen LogP contribution in [0.15, 0.2) is 66.1 Å². The quantitative estimate of drug-likeness (QED) is 0.439. The topological polar surface area (TPSA) is 56.1 Å². The van der Waals surface area contributed by atoms with Crippen LogP contribution in [-0.2, 0) is 0 Å². The Hall–Kier alpha value is -2.73. The van der Waals surface area contributed by atoms with Crippen LogP contribution in [0.2, 0.25) is 0 Å². The molecule has 5 nitrogen and oxygen atoms in total. The Morgan fingerprint density at radius 1 is 1.22 bits per heavy atom. The highest BCUT2D eigenvalue weighted by Crippen LogP contribution is 2.25. The van der Waals surface area contributed by atoms with E-state index in [1.54, 1.807) is 24.0 Å². The average Bonchev–Trinajstić information content (AvgIpc) is 3.18. The normalized spacial score (nSPS) is 10.6. The average molecular weight is 382 g/mol. The SMILES string of the molecule is CCCCOc1ccccc1NC(=O)c1cccc(-n2ccnc2SC)c1. The molecule has 1 N–H and O–H groups in total. The standard InChI is InChI=1S/C21H23N3O2S/c1-3-4-14-26-19-11-6-5-10-18(19)23-20(25)16-8-7-9-17(15-16)24-13-12-22-21(24)27-2/h5-13,15H,3-4,14H2,1-2H3,(H,23,25). The van der Waals surface area contributed by atoms with Crippen LogP contribution < -0.4 is 10.1 Å². The molecule has 0 unspecified atom stereocenters. The predicted octanol–water partition coefficient (Wildman–Crippen LogP) is 5.03. The van der Waals surface area contributed by atoms with Crippen molar-refractivity contribution in [2.24, 2.45) is 0 Å². The molecule has 6 heteroatoms. The second kappa shape index (κ2) is 9.28. The van der Waals surface area contributed by atoms with Crippen molar-refractivity contribution >= 4 is 23.4 Å². The number of hydrogen-bond donors (Lipinski definition) is 1. The molecule has 0 saturated carbocycles. The number of aromatic nitrogens is 2. The van der Waals surface area contributed by atoms with Gasteiger partial charge in [-0.15, -0.1) is 0 Å². The molecule has 0 aliphatic heterocycles. The highest BCUT2D eigenvalue weighted by molar-refractivity contribution is 7.98. The molecule has 0 spiro atoms. The molecule has 3 rings (SSSR count). The Kier molecular flexibility index (Phi) is 6.54. The van der Waals surface area contributed by atoms with Gasteiger partial charge >= 0.3 is 0 Å². The number of unbranched alkanes of at least 4 members (excludes halogenated alkanes) is 1. The summed E-state index contributed by atoms with van der Waals surface area (Å²) in [5, 5.41) is 3.84. The summed E-state index contributed by atoms with van der Waals surface area (Å²) in [6.45, 7) is 2.75. The molecule has 27 heavy (non-hydrogen) atoms. The Morgan fingerprint density at radius 3 is 2.89 bits per heavy atom. The fourth-order valence-corrected chi connectivity index (χ4v) is 3.18. The summed E-state index contributed by atoms with van der Waals surface area (Å²) < 4.78 is 7.76. The van der Waals surface area contributed by atoms with E-state index >= 15 is 0 Å². The molecule has 1 aromatic heterocycles. The highest BCUT2D eigenvalue weighted by Gasteiger charge is 2.12. The lowest BCUT2D eigenvalue weighted by molar-refractivity contribution is 0.102. The third-order valence-electron chi connectivity index (χ3n) is 4.07. The number of carbonyl (C=O) groups is 1. The van der Waals surface area contributed by atoms with Gasteiger partial charge in [0.15, 0.2) is 5.16 Å². The van der Waals surface area contributed by atoms with Gasteiger partial charge in [0, 0.05) is 23.6 Å². The molecule has 1 heterocycles. The van der Waals surface area contributed by atoms with Crippen LogP contribution in [-0.4, -0.2) is 28.3 Å². The summed E-state index contributed by atoms with van der Waals surface area (Å²) in [7, 11) is 0. The van der Waals surface area contributed by atoms with Gasteiger partial charge in [-0.25, -0.2) is 4.98 Å². The van der Waals surface area contributed by atoms with Gasteiger partial charge in [0.25, 0.3) is 5.91 Å². The second-order valence-electron chi connectivity index (χ2n) is 5.99. The molecule has 0 atom stereocenters. The summed E-state index contributed by atoms with van der Waals surface area (Å²) in [6, 6.07) is 15.0. The first-order valence-corrected chi connectivity index (χ1v) is 10.2. The number of para-hydroxylation sites is 2. The minimum atomic E-state index is -0.172. The van der Waals surface area contributed by atoms with E-state index in [1.807, 2.05) is 59.5 Å². The molecule has 0 fully saturated rings. The zero-order valence-electron chi connectivity index (χ0n) is 15.5. The van der Waals surface area contributed by atoms with Crippen LogP contribution in [0.3, 0.4) is 0 Å². The van der Waals surface area contributed by atoms with E-state index in [9.17, 15) is 4.79 Å². The Labute approximate surface area is 163 Å². The van der Waals surface area contributed by atoms with Crippen LogP contribution in [0.1, 0.15) is 30.1 Å². The number of carbonyl (C=O) groups excluding carboxylic acids is 1. The van der Waals surface area contributed by atoms with Crippen LogP contribution in [0.25, 0.3) is 5.69 Å².